The van der Waals surface area contributed by atoms with E-state index < -0.39 is 16.1 Å². The fourth-order valence-corrected chi connectivity index (χ4v) is 5.92. The standard InChI is InChI=1S/C34H36ClN3O5S/c1-3-37-44(41,42)31-20-13-25(14-21-31)15-22-32(39)38(24-27-11-18-30(43-2)19-12-27)33(28-7-5-4-6-8-28)34(40)36-23-26-9-16-29(35)17-10-26/h4-14,16-21,33,37H,3,15,22-24H2,1-2H3,(H,36,40). The summed E-state index contributed by atoms with van der Waals surface area (Å²) in [5.41, 5.74) is 3.20. The zero-order chi connectivity index (χ0) is 31.5. The van der Waals surface area contributed by atoms with Crippen LogP contribution in [0.3, 0.4) is 0 Å². The van der Waals surface area contributed by atoms with Gasteiger partial charge in [-0.15, -0.1) is 0 Å². The maximum Gasteiger partial charge on any atom is 0.247 e. The van der Waals surface area contributed by atoms with Crippen LogP contribution in [-0.4, -0.2) is 38.8 Å². The summed E-state index contributed by atoms with van der Waals surface area (Å²) in [7, 11) is -1.99. The van der Waals surface area contributed by atoms with Gasteiger partial charge in [0.15, 0.2) is 0 Å². The number of rotatable bonds is 14. The third-order valence-electron chi connectivity index (χ3n) is 7.08. The van der Waals surface area contributed by atoms with Gasteiger partial charge in [0.1, 0.15) is 11.8 Å². The summed E-state index contributed by atoms with van der Waals surface area (Å²) >= 11 is 6.02. The van der Waals surface area contributed by atoms with Gasteiger partial charge >= 0.3 is 0 Å². The smallest absolute Gasteiger partial charge is 0.247 e. The first-order valence-electron chi connectivity index (χ1n) is 14.3. The van der Waals surface area contributed by atoms with Crippen molar-refractivity contribution in [2.75, 3.05) is 13.7 Å². The van der Waals surface area contributed by atoms with Crippen molar-refractivity contribution in [1.29, 1.82) is 0 Å². The number of carbonyl (C=O) groups is 2. The number of halogens is 1. The van der Waals surface area contributed by atoms with Crippen LogP contribution in [0, 0.1) is 0 Å². The molecule has 0 aromatic heterocycles. The molecular formula is C34H36ClN3O5S. The van der Waals surface area contributed by atoms with Crippen molar-refractivity contribution in [2.45, 2.75) is 43.8 Å². The first-order chi connectivity index (χ1) is 21.2. The quantitative estimate of drug-likeness (QED) is 0.186. The van der Waals surface area contributed by atoms with Gasteiger partial charge in [0.2, 0.25) is 21.8 Å². The number of carbonyl (C=O) groups excluding carboxylic acids is 2. The molecule has 4 aromatic rings. The lowest BCUT2D eigenvalue weighted by Gasteiger charge is -2.32. The number of aryl methyl sites for hydroxylation is 1. The molecule has 230 valence electrons. The van der Waals surface area contributed by atoms with Crippen molar-refractivity contribution in [1.82, 2.24) is 14.9 Å². The summed E-state index contributed by atoms with van der Waals surface area (Å²) in [6.07, 6.45) is 0.483. The number of hydrogen-bond donors (Lipinski definition) is 2. The highest BCUT2D eigenvalue weighted by molar-refractivity contribution is 7.89. The topological polar surface area (TPSA) is 105 Å². The molecule has 0 aliphatic heterocycles. The van der Waals surface area contributed by atoms with Gasteiger partial charge in [0, 0.05) is 31.1 Å². The zero-order valence-corrected chi connectivity index (χ0v) is 26.3. The molecule has 0 fully saturated rings. The van der Waals surface area contributed by atoms with E-state index in [2.05, 4.69) is 10.0 Å². The second-order valence-corrected chi connectivity index (χ2v) is 12.4. The molecule has 8 nitrogen and oxygen atoms in total. The third-order valence-corrected chi connectivity index (χ3v) is 8.90. The molecule has 10 heteroatoms. The Morgan fingerprint density at radius 1 is 0.841 bits per heavy atom. The number of ether oxygens (including phenoxy) is 1. The molecule has 0 aliphatic carbocycles. The van der Waals surface area contributed by atoms with Crippen molar-refractivity contribution in [3.8, 4) is 5.75 Å². The Morgan fingerprint density at radius 2 is 1.45 bits per heavy atom. The van der Waals surface area contributed by atoms with Crippen LogP contribution in [-0.2, 0) is 39.1 Å². The number of methoxy groups -OCH3 is 1. The molecule has 44 heavy (non-hydrogen) atoms. The minimum atomic E-state index is -3.58. The Labute approximate surface area is 264 Å². The fraction of sp³-hybridized carbons (Fsp3) is 0.235. The van der Waals surface area contributed by atoms with E-state index in [1.54, 1.807) is 43.2 Å². The van der Waals surface area contributed by atoms with E-state index >= 15 is 0 Å². The van der Waals surface area contributed by atoms with Crippen LogP contribution in [0.1, 0.15) is 41.6 Å². The van der Waals surface area contributed by atoms with Gasteiger partial charge in [-0.3, -0.25) is 9.59 Å². The van der Waals surface area contributed by atoms with Gasteiger partial charge < -0.3 is 15.0 Å². The third kappa shape index (κ3) is 8.92. The molecule has 4 rings (SSSR count). The summed E-state index contributed by atoms with van der Waals surface area (Å²) in [5, 5.41) is 3.61. The lowest BCUT2D eigenvalue weighted by Crippen LogP contribution is -2.43. The zero-order valence-electron chi connectivity index (χ0n) is 24.7. The van der Waals surface area contributed by atoms with E-state index in [1.807, 2.05) is 66.7 Å². The van der Waals surface area contributed by atoms with Crippen molar-refractivity contribution in [3.05, 3.63) is 130 Å². The van der Waals surface area contributed by atoms with Crippen LogP contribution in [0.2, 0.25) is 5.02 Å². The van der Waals surface area contributed by atoms with Crippen LogP contribution in [0.5, 0.6) is 5.75 Å². The largest absolute Gasteiger partial charge is 0.497 e. The molecular weight excluding hydrogens is 598 g/mol. The van der Waals surface area contributed by atoms with Crippen LogP contribution in [0.4, 0.5) is 0 Å². The number of nitrogens with zero attached hydrogens (tertiary/aromatic N) is 1. The minimum Gasteiger partial charge on any atom is -0.497 e. The van der Waals surface area contributed by atoms with Gasteiger partial charge in [-0.05, 0) is 65.1 Å². The van der Waals surface area contributed by atoms with Gasteiger partial charge in [0.05, 0.1) is 12.0 Å². The maximum absolute atomic E-state index is 14.0. The average Bonchev–Trinajstić information content (AvgIpc) is 3.04. The van der Waals surface area contributed by atoms with Crippen LogP contribution in [0.15, 0.2) is 108 Å². The Bertz CT molecular complexity index is 1630. The molecule has 2 amide bonds. The summed E-state index contributed by atoms with van der Waals surface area (Å²) < 4.78 is 32.4. The Balaban J connectivity index is 1.60. The highest BCUT2D eigenvalue weighted by Gasteiger charge is 2.31. The first-order valence-corrected chi connectivity index (χ1v) is 16.1. The Morgan fingerprint density at radius 3 is 2.07 bits per heavy atom. The van der Waals surface area contributed by atoms with Crippen LogP contribution in [0.25, 0.3) is 0 Å². The second kappa shape index (κ2) is 15.5. The molecule has 0 radical (unpaired) electrons. The molecule has 0 bridgehead atoms. The summed E-state index contributed by atoms with van der Waals surface area (Å²) in [6.45, 7) is 2.47. The van der Waals surface area contributed by atoms with Crippen molar-refractivity contribution in [2.24, 2.45) is 0 Å². The van der Waals surface area contributed by atoms with Crippen LogP contribution < -0.4 is 14.8 Å². The highest BCUT2D eigenvalue weighted by Crippen LogP contribution is 2.26. The molecule has 0 aliphatic rings. The maximum atomic E-state index is 14.0. The molecule has 0 saturated heterocycles. The predicted octanol–water partition coefficient (Wildman–Crippen LogP) is 5.67. The Hall–Kier alpha value is -4.18. The molecule has 0 heterocycles. The van der Waals surface area contributed by atoms with Crippen LogP contribution >= 0.6 is 11.6 Å². The van der Waals surface area contributed by atoms with E-state index in [-0.39, 0.29) is 36.2 Å². The lowest BCUT2D eigenvalue weighted by molar-refractivity contribution is -0.141. The fourth-order valence-electron chi connectivity index (χ4n) is 4.75. The van der Waals surface area contributed by atoms with E-state index in [4.69, 9.17) is 16.3 Å². The molecule has 1 atom stereocenters. The molecule has 2 N–H and O–H groups in total. The number of hydrogen-bond acceptors (Lipinski definition) is 5. The van der Waals surface area contributed by atoms with Gasteiger partial charge in [-0.25, -0.2) is 13.1 Å². The van der Waals surface area contributed by atoms with E-state index in [0.29, 0.717) is 29.3 Å². The lowest BCUT2D eigenvalue weighted by atomic mass is 10.0. The number of amides is 2. The summed E-state index contributed by atoms with van der Waals surface area (Å²) in [5.74, 6) is 0.151. The van der Waals surface area contributed by atoms with Gasteiger partial charge in [-0.2, -0.15) is 0 Å². The SMILES string of the molecule is CCNS(=O)(=O)c1ccc(CCC(=O)N(Cc2ccc(OC)cc2)C(C(=O)NCc2ccc(Cl)cc2)c2ccccc2)cc1. The summed E-state index contributed by atoms with van der Waals surface area (Å²) in [4.78, 5) is 29.6. The van der Waals surface area contributed by atoms with Crippen molar-refractivity contribution in [3.63, 3.8) is 0 Å². The van der Waals surface area contributed by atoms with E-state index in [9.17, 15) is 18.0 Å². The van der Waals surface area contributed by atoms with Gasteiger partial charge in [-0.1, -0.05) is 85.3 Å². The summed E-state index contributed by atoms with van der Waals surface area (Å²) in [6, 6.07) is 29.4. The first kappa shape index (κ1) is 32.7. The number of nitrogens with one attached hydrogen (secondary N) is 2. The van der Waals surface area contributed by atoms with Crippen molar-refractivity contribution < 1.29 is 22.7 Å². The molecule has 0 spiro atoms. The van der Waals surface area contributed by atoms with Crippen molar-refractivity contribution >= 4 is 33.4 Å². The molecule has 4 aromatic carbocycles. The van der Waals surface area contributed by atoms with Gasteiger partial charge in [0.25, 0.3) is 0 Å². The number of sulfonamides is 1. The van der Waals surface area contributed by atoms with E-state index in [0.717, 1.165) is 16.7 Å². The average molecular weight is 634 g/mol. The number of benzene rings is 4. The monoisotopic (exact) mass is 633 g/mol. The minimum absolute atomic E-state index is 0.114. The highest BCUT2D eigenvalue weighted by atomic mass is 35.5. The Kier molecular flexibility index (Phi) is 11.5. The molecule has 0 saturated carbocycles. The second-order valence-electron chi connectivity index (χ2n) is 10.2. The molecule has 1 unspecified atom stereocenters. The van der Waals surface area contributed by atoms with E-state index in [1.165, 1.54) is 12.1 Å². The predicted molar refractivity (Wildman–Crippen MR) is 172 cm³/mol. The normalized spacial score (nSPS) is 11.9.